The molecule has 0 heterocycles. The predicted molar refractivity (Wildman–Crippen MR) is 131 cm³/mol. The van der Waals surface area contributed by atoms with Gasteiger partial charge in [0, 0.05) is 17.5 Å². The topological polar surface area (TPSA) is 83.5 Å². The number of halogens is 1. The summed E-state index contributed by atoms with van der Waals surface area (Å²) in [6.07, 6.45) is 2.67. The maximum Gasteiger partial charge on any atom is 0.303 e. The first-order valence-corrected chi connectivity index (χ1v) is 12.7. The van der Waals surface area contributed by atoms with Gasteiger partial charge in [0.1, 0.15) is 0 Å². The first kappa shape index (κ1) is 25.0. The number of benzene rings is 3. The van der Waals surface area contributed by atoms with Crippen LogP contribution in [-0.2, 0) is 27.7 Å². The molecule has 0 spiro atoms. The van der Waals surface area contributed by atoms with E-state index in [1.165, 1.54) is 23.3 Å². The Morgan fingerprint density at radius 2 is 1.64 bits per heavy atom. The van der Waals surface area contributed by atoms with E-state index in [9.17, 15) is 13.2 Å². The smallest absolute Gasteiger partial charge is 0.303 e. The lowest BCUT2D eigenvalue weighted by molar-refractivity contribution is -0.137. The number of aliphatic carboxylic acids is 1. The van der Waals surface area contributed by atoms with E-state index >= 15 is 0 Å². The molecule has 3 aromatic rings. The van der Waals surface area contributed by atoms with Crippen LogP contribution >= 0.6 is 11.6 Å². The van der Waals surface area contributed by atoms with Crippen LogP contribution in [0.5, 0.6) is 0 Å². The minimum absolute atomic E-state index is 0.127. The molecule has 1 unspecified atom stereocenters. The Balaban J connectivity index is 1.81. The van der Waals surface area contributed by atoms with Gasteiger partial charge >= 0.3 is 5.97 Å². The quantitative estimate of drug-likeness (QED) is 0.364. The van der Waals surface area contributed by atoms with Crippen molar-refractivity contribution in [1.82, 2.24) is 4.72 Å². The summed E-state index contributed by atoms with van der Waals surface area (Å²) in [6, 6.07) is 21.5. The third-order valence-corrected chi connectivity index (χ3v) is 7.36. The van der Waals surface area contributed by atoms with Crippen LogP contribution in [0, 0.1) is 6.92 Å². The highest BCUT2D eigenvalue weighted by Crippen LogP contribution is 2.25. The van der Waals surface area contributed by atoms with Crippen LogP contribution < -0.4 is 4.72 Å². The van der Waals surface area contributed by atoms with Gasteiger partial charge in [0.05, 0.1) is 4.90 Å². The summed E-state index contributed by atoms with van der Waals surface area (Å²) in [6.45, 7) is 2.05. The van der Waals surface area contributed by atoms with E-state index in [1.807, 2.05) is 49.4 Å². The Bertz CT molecular complexity index is 1180. The van der Waals surface area contributed by atoms with Gasteiger partial charge in [-0.2, -0.15) is 0 Å². The Morgan fingerprint density at radius 3 is 2.27 bits per heavy atom. The number of nitrogens with one attached hydrogen (secondary N) is 1. The second kappa shape index (κ2) is 11.5. The molecule has 0 aliphatic heterocycles. The zero-order valence-corrected chi connectivity index (χ0v) is 20.1. The van der Waals surface area contributed by atoms with Crippen molar-refractivity contribution < 1.29 is 18.3 Å². The standard InChI is InChI=1S/C26H28ClNO4S/c1-19-5-2-3-7-21(19)13-18-25(28-33(31,32)24-16-14-23(27)15-17-24)22-11-9-20(10-12-22)6-4-8-26(29)30/h2-3,5,7,9-12,14-17,25,28H,4,6,8,13,18H2,1H3,(H,29,30). The van der Waals surface area contributed by atoms with Crippen molar-refractivity contribution in [3.8, 4) is 0 Å². The molecule has 0 bridgehead atoms. The number of carboxylic acids is 1. The van der Waals surface area contributed by atoms with Crippen LogP contribution in [0.25, 0.3) is 0 Å². The predicted octanol–water partition coefficient (Wildman–Crippen LogP) is 5.71. The third kappa shape index (κ3) is 7.42. The molecule has 5 nitrogen and oxygen atoms in total. The zero-order valence-electron chi connectivity index (χ0n) is 18.5. The molecule has 0 saturated carbocycles. The SMILES string of the molecule is Cc1ccccc1CCC(NS(=O)(=O)c1ccc(Cl)cc1)c1ccc(CCCC(=O)O)cc1. The Labute approximate surface area is 200 Å². The Hall–Kier alpha value is -2.67. The van der Waals surface area contributed by atoms with E-state index < -0.39 is 22.0 Å². The summed E-state index contributed by atoms with van der Waals surface area (Å²) in [7, 11) is -3.75. The highest BCUT2D eigenvalue weighted by Gasteiger charge is 2.22. The van der Waals surface area contributed by atoms with Crippen molar-refractivity contribution >= 4 is 27.6 Å². The van der Waals surface area contributed by atoms with E-state index in [4.69, 9.17) is 16.7 Å². The number of aryl methyl sites for hydroxylation is 3. The van der Waals surface area contributed by atoms with Crippen molar-refractivity contribution in [1.29, 1.82) is 0 Å². The van der Waals surface area contributed by atoms with E-state index in [0.29, 0.717) is 24.3 Å². The fraction of sp³-hybridized carbons (Fsp3) is 0.269. The molecule has 2 N–H and O–H groups in total. The van der Waals surface area contributed by atoms with Gasteiger partial charge in [0.2, 0.25) is 10.0 Å². The zero-order chi connectivity index (χ0) is 23.8. The average molecular weight is 486 g/mol. The van der Waals surface area contributed by atoms with Crippen LogP contribution in [0.2, 0.25) is 5.02 Å². The molecule has 7 heteroatoms. The minimum atomic E-state index is -3.75. The lowest BCUT2D eigenvalue weighted by atomic mass is 9.96. The molecule has 3 aromatic carbocycles. The van der Waals surface area contributed by atoms with Crippen molar-refractivity contribution in [3.63, 3.8) is 0 Å². The summed E-state index contributed by atoms with van der Waals surface area (Å²) >= 11 is 5.92. The number of carbonyl (C=O) groups is 1. The van der Waals surface area contributed by atoms with Crippen LogP contribution in [0.15, 0.2) is 77.7 Å². The summed E-state index contributed by atoms with van der Waals surface area (Å²) in [5, 5.41) is 9.30. The lowest BCUT2D eigenvalue weighted by Gasteiger charge is -2.20. The van der Waals surface area contributed by atoms with Gasteiger partial charge in [-0.05, 0) is 79.1 Å². The Morgan fingerprint density at radius 1 is 0.970 bits per heavy atom. The largest absolute Gasteiger partial charge is 0.481 e. The molecule has 174 valence electrons. The summed E-state index contributed by atoms with van der Waals surface area (Å²) < 4.78 is 29.0. The second-order valence-corrected chi connectivity index (χ2v) is 10.2. The van der Waals surface area contributed by atoms with Crippen LogP contribution in [0.3, 0.4) is 0 Å². The van der Waals surface area contributed by atoms with Crippen LogP contribution in [-0.4, -0.2) is 19.5 Å². The second-order valence-electron chi connectivity index (χ2n) is 8.08. The van der Waals surface area contributed by atoms with Gasteiger partial charge in [-0.3, -0.25) is 4.79 Å². The summed E-state index contributed by atoms with van der Waals surface area (Å²) in [5.74, 6) is -0.806. The molecular formula is C26H28ClNO4S. The molecule has 33 heavy (non-hydrogen) atoms. The molecule has 0 aromatic heterocycles. The average Bonchev–Trinajstić information content (AvgIpc) is 2.78. The van der Waals surface area contributed by atoms with Gasteiger partial charge in [-0.25, -0.2) is 13.1 Å². The highest BCUT2D eigenvalue weighted by atomic mass is 35.5. The molecule has 0 radical (unpaired) electrons. The maximum absolute atomic E-state index is 13.1. The van der Waals surface area contributed by atoms with Gasteiger partial charge < -0.3 is 5.11 Å². The number of sulfonamides is 1. The van der Waals surface area contributed by atoms with Crippen LogP contribution in [0.4, 0.5) is 0 Å². The maximum atomic E-state index is 13.1. The van der Waals surface area contributed by atoms with Crippen molar-refractivity contribution in [2.24, 2.45) is 0 Å². The van der Waals surface area contributed by atoms with E-state index in [1.54, 1.807) is 12.1 Å². The number of hydrogen-bond acceptors (Lipinski definition) is 3. The molecule has 3 rings (SSSR count). The number of hydrogen-bond donors (Lipinski definition) is 2. The van der Waals surface area contributed by atoms with Crippen molar-refractivity contribution in [2.75, 3.05) is 0 Å². The van der Waals surface area contributed by atoms with Gasteiger partial charge in [-0.1, -0.05) is 60.1 Å². The monoisotopic (exact) mass is 485 g/mol. The summed E-state index contributed by atoms with van der Waals surface area (Å²) in [4.78, 5) is 10.9. The fourth-order valence-corrected chi connectivity index (χ4v) is 5.10. The number of rotatable bonds is 11. The van der Waals surface area contributed by atoms with Gasteiger partial charge in [-0.15, -0.1) is 0 Å². The molecule has 0 fully saturated rings. The first-order chi connectivity index (χ1) is 15.7. The summed E-state index contributed by atoms with van der Waals surface area (Å²) in [5.41, 5.74) is 4.24. The van der Waals surface area contributed by atoms with Crippen molar-refractivity contribution in [3.05, 3.63) is 100 Å². The molecule has 0 aliphatic rings. The van der Waals surface area contributed by atoms with Gasteiger partial charge in [0.25, 0.3) is 0 Å². The Kier molecular flexibility index (Phi) is 8.67. The normalized spacial score (nSPS) is 12.4. The highest BCUT2D eigenvalue weighted by molar-refractivity contribution is 7.89. The fourth-order valence-electron chi connectivity index (χ4n) is 3.71. The first-order valence-electron chi connectivity index (χ1n) is 10.9. The van der Waals surface area contributed by atoms with E-state index in [-0.39, 0.29) is 11.3 Å². The minimum Gasteiger partial charge on any atom is -0.481 e. The van der Waals surface area contributed by atoms with E-state index in [2.05, 4.69) is 10.8 Å². The lowest BCUT2D eigenvalue weighted by Crippen LogP contribution is -2.29. The number of carboxylic acid groups (broad SMARTS) is 1. The molecule has 0 saturated heterocycles. The van der Waals surface area contributed by atoms with Gasteiger partial charge in [0.15, 0.2) is 0 Å². The molecule has 0 amide bonds. The van der Waals surface area contributed by atoms with Crippen molar-refractivity contribution in [2.45, 2.75) is 50.0 Å². The molecule has 0 aliphatic carbocycles. The molecular weight excluding hydrogens is 458 g/mol. The van der Waals surface area contributed by atoms with Crippen LogP contribution in [0.1, 0.15) is 47.6 Å². The third-order valence-electron chi connectivity index (χ3n) is 5.62. The molecule has 1 atom stereocenters. The van der Waals surface area contributed by atoms with E-state index in [0.717, 1.165) is 17.5 Å².